The molecule has 4 nitrogen and oxygen atoms in total. The highest BCUT2D eigenvalue weighted by molar-refractivity contribution is 7.89. The molecule has 2 unspecified atom stereocenters. The molecule has 2 saturated carbocycles. The highest BCUT2D eigenvalue weighted by Gasteiger charge is 2.34. The molecule has 0 aromatic heterocycles. The average Bonchev–Trinajstić information content (AvgIpc) is 2.89. The maximum absolute atomic E-state index is 12.2. The molecule has 114 valence electrons. The van der Waals surface area contributed by atoms with Gasteiger partial charge in [-0.25, -0.2) is 4.83 Å². The zero-order valence-electron chi connectivity index (χ0n) is 12.4. The van der Waals surface area contributed by atoms with E-state index in [1.165, 1.54) is 19.3 Å². The van der Waals surface area contributed by atoms with Crippen LogP contribution in [0.2, 0.25) is 0 Å². The molecule has 3 rings (SSSR count). The minimum atomic E-state index is -3.54. The molecular formula is C16H22N2O2S. The smallest absolute Gasteiger partial charge is 0.200 e. The van der Waals surface area contributed by atoms with Crippen molar-refractivity contribution in [3.63, 3.8) is 0 Å². The Morgan fingerprint density at radius 1 is 1.10 bits per heavy atom. The standard InChI is InChI=1S/C16H22N2O2S/c1-12-6-9-14(10-7-12)21(19,20)18-17-16-11-8-13-4-2-3-5-15(13)16/h6-7,9-10,13,15,18H,2-5,8,11H2,1H3. The molecular weight excluding hydrogens is 284 g/mol. The molecule has 0 heterocycles. The van der Waals surface area contributed by atoms with Crippen molar-refractivity contribution in [2.45, 2.75) is 50.3 Å². The Labute approximate surface area is 126 Å². The van der Waals surface area contributed by atoms with Gasteiger partial charge in [-0.1, -0.05) is 30.5 Å². The molecule has 0 amide bonds. The Balaban J connectivity index is 1.74. The van der Waals surface area contributed by atoms with E-state index >= 15 is 0 Å². The molecule has 0 saturated heterocycles. The summed E-state index contributed by atoms with van der Waals surface area (Å²) in [5, 5.41) is 4.26. The number of hydrogen-bond donors (Lipinski definition) is 1. The number of nitrogens with one attached hydrogen (secondary N) is 1. The van der Waals surface area contributed by atoms with Crippen molar-refractivity contribution in [3.8, 4) is 0 Å². The maximum Gasteiger partial charge on any atom is 0.276 e. The first-order valence-corrected chi connectivity index (χ1v) is 9.19. The summed E-state index contributed by atoms with van der Waals surface area (Å²) in [6, 6.07) is 6.84. The largest absolute Gasteiger partial charge is 0.276 e. The molecule has 0 radical (unpaired) electrons. The number of aryl methyl sites for hydroxylation is 1. The van der Waals surface area contributed by atoms with E-state index in [2.05, 4.69) is 9.93 Å². The van der Waals surface area contributed by atoms with Crippen LogP contribution in [0.1, 0.15) is 44.1 Å². The third kappa shape index (κ3) is 3.12. The second kappa shape index (κ2) is 5.79. The Bertz CT molecular complexity index is 635. The minimum absolute atomic E-state index is 0.274. The van der Waals surface area contributed by atoms with E-state index in [-0.39, 0.29) is 4.90 Å². The van der Waals surface area contributed by atoms with Crippen LogP contribution in [0.5, 0.6) is 0 Å². The molecule has 0 aliphatic heterocycles. The summed E-state index contributed by atoms with van der Waals surface area (Å²) in [5.74, 6) is 1.22. The number of sulfonamides is 1. The maximum atomic E-state index is 12.2. The first-order valence-electron chi connectivity index (χ1n) is 7.71. The van der Waals surface area contributed by atoms with Gasteiger partial charge < -0.3 is 0 Å². The highest BCUT2D eigenvalue weighted by atomic mass is 32.2. The Kier molecular flexibility index (Phi) is 4.02. The number of hydrazone groups is 1. The zero-order valence-corrected chi connectivity index (χ0v) is 13.2. The molecule has 2 atom stereocenters. The summed E-state index contributed by atoms with van der Waals surface area (Å²) < 4.78 is 24.5. The molecule has 21 heavy (non-hydrogen) atoms. The average molecular weight is 306 g/mol. The second-order valence-corrected chi connectivity index (χ2v) is 7.86. The number of hydrogen-bond acceptors (Lipinski definition) is 3. The van der Waals surface area contributed by atoms with Gasteiger partial charge in [0, 0.05) is 11.6 Å². The Morgan fingerprint density at radius 2 is 1.81 bits per heavy atom. The van der Waals surface area contributed by atoms with Crippen LogP contribution < -0.4 is 4.83 Å². The van der Waals surface area contributed by atoms with Gasteiger partial charge in [-0.15, -0.1) is 0 Å². The van der Waals surface area contributed by atoms with E-state index in [9.17, 15) is 8.42 Å². The van der Waals surface area contributed by atoms with Gasteiger partial charge in [0.05, 0.1) is 4.90 Å². The van der Waals surface area contributed by atoms with Gasteiger partial charge in [0.25, 0.3) is 10.0 Å². The van der Waals surface area contributed by atoms with E-state index < -0.39 is 10.0 Å². The van der Waals surface area contributed by atoms with Gasteiger partial charge in [-0.3, -0.25) is 0 Å². The topological polar surface area (TPSA) is 58.5 Å². The molecule has 2 aliphatic rings. The van der Waals surface area contributed by atoms with Gasteiger partial charge >= 0.3 is 0 Å². The fourth-order valence-corrected chi connectivity index (χ4v) is 4.38. The number of rotatable bonds is 3. The first-order chi connectivity index (χ1) is 10.1. The number of nitrogens with zero attached hydrogens (tertiary/aromatic N) is 1. The summed E-state index contributed by atoms with van der Waals surface area (Å²) in [4.78, 5) is 2.70. The molecule has 1 N–H and O–H groups in total. The van der Waals surface area contributed by atoms with Gasteiger partial charge in [-0.2, -0.15) is 13.5 Å². The first kappa shape index (κ1) is 14.6. The quantitative estimate of drug-likeness (QED) is 0.872. The fourth-order valence-electron chi connectivity index (χ4n) is 3.54. The molecule has 0 bridgehead atoms. The van der Waals surface area contributed by atoms with Crippen LogP contribution >= 0.6 is 0 Å². The van der Waals surface area contributed by atoms with Gasteiger partial charge in [0.2, 0.25) is 0 Å². The molecule has 2 aliphatic carbocycles. The van der Waals surface area contributed by atoms with Crippen LogP contribution in [0.3, 0.4) is 0 Å². The summed E-state index contributed by atoms with van der Waals surface area (Å²) in [5.41, 5.74) is 2.09. The summed E-state index contributed by atoms with van der Waals surface area (Å²) >= 11 is 0. The number of benzene rings is 1. The predicted octanol–water partition coefficient (Wildman–Crippen LogP) is 3.23. The van der Waals surface area contributed by atoms with Crippen LogP contribution in [0.4, 0.5) is 0 Å². The van der Waals surface area contributed by atoms with Crippen molar-refractivity contribution in [3.05, 3.63) is 29.8 Å². The molecule has 5 heteroatoms. The van der Waals surface area contributed by atoms with Gasteiger partial charge in [0.1, 0.15) is 0 Å². The van der Waals surface area contributed by atoms with Crippen LogP contribution in [0, 0.1) is 18.8 Å². The Hall–Kier alpha value is -1.36. The van der Waals surface area contributed by atoms with Crippen LogP contribution in [-0.2, 0) is 10.0 Å². The van der Waals surface area contributed by atoms with Crippen molar-refractivity contribution in [2.24, 2.45) is 16.9 Å². The monoisotopic (exact) mass is 306 g/mol. The Morgan fingerprint density at radius 3 is 2.57 bits per heavy atom. The summed E-state index contributed by atoms with van der Waals surface area (Å²) in [6.07, 6.45) is 7.08. The zero-order chi connectivity index (χ0) is 14.9. The third-order valence-electron chi connectivity index (χ3n) is 4.75. The third-order valence-corrected chi connectivity index (χ3v) is 5.97. The number of fused-ring (bicyclic) bond motifs is 1. The van der Waals surface area contributed by atoms with Crippen molar-refractivity contribution >= 4 is 15.7 Å². The van der Waals surface area contributed by atoms with E-state index in [4.69, 9.17) is 0 Å². The minimum Gasteiger partial charge on any atom is -0.200 e. The van der Waals surface area contributed by atoms with E-state index in [0.717, 1.165) is 36.5 Å². The summed E-state index contributed by atoms with van der Waals surface area (Å²) in [7, 11) is -3.54. The molecule has 2 fully saturated rings. The lowest BCUT2D eigenvalue weighted by atomic mass is 9.81. The lowest BCUT2D eigenvalue weighted by Gasteiger charge is -2.24. The predicted molar refractivity (Wildman–Crippen MR) is 83.6 cm³/mol. The SMILES string of the molecule is Cc1ccc(S(=O)(=O)NN=C2CCC3CCCCC23)cc1. The van der Waals surface area contributed by atoms with Crippen LogP contribution in [0.25, 0.3) is 0 Å². The van der Waals surface area contributed by atoms with Crippen molar-refractivity contribution in [2.75, 3.05) is 0 Å². The summed E-state index contributed by atoms with van der Waals surface area (Å²) in [6.45, 7) is 1.94. The highest BCUT2D eigenvalue weighted by Crippen LogP contribution is 2.40. The molecule has 1 aromatic rings. The second-order valence-electron chi connectivity index (χ2n) is 6.20. The van der Waals surface area contributed by atoms with Crippen LogP contribution in [0.15, 0.2) is 34.3 Å². The van der Waals surface area contributed by atoms with E-state index in [0.29, 0.717) is 5.92 Å². The van der Waals surface area contributed by atoms with E-state index in [1.807, 2.05) is 6.92 Å². The van der Waals surface area contributed by atoms with E-state index in [1.54, 1.807) is 24.3 Å². The molecule has 0 spiro atoms. The normalized spacial score (nSPS) is 27.6. The van der Waals surface area contributed by atoms with Crippen LogP contribution in [-0.4, -0.2) is 14.1 Å². The van der Waals surface area contributed by atoms with Crippen molar-refractivity contribution in [1.82, 2.24) is 4.83 Å². The van der Waals surface area contributed by atoms with Crippen molar-refractivity contribution < 1.29 is 8.42 Å². The fraction of sp³-hybridized carbons (Fsp3) is 0.562. The van der Waals surface area contributed by atoms with Crippen molar-refractivity contribution in [1.29, 1.82) is 0 Å². The van der Waals surface area contributed by atoms with Gasteiger partial charge in [-0.05, 0) is 50.7 Å². The lowest BCUT2D eigenvalue weighted by molar-refractivity contribution is 0.317. The lowest BCUT2D eigenvalue weighted by Crippen LogP contribution is -2.24. The molecule has 1 aromatic carbocycles. The van der Waals surface area contributed by atoms with Gasteiger partial charge in [0.15, 0.2) is 0 Å².